The summed E-state index contributed by atoms with van der Waals surface area (Å²) >= 11 is 0. The van der Waals surface area contributed by atoms with E-state index in [0.717, 1.165) is 32.1 Å². The molecule has 0 saturated heterocycles. The summed E-state index contributed by atoms with van der Waals surface area (Å²) in [7, 11) is 0. The molecule has 0 aromatic heterocycles. The smallest absolute Gasteiger partial charge is 0.309 e. The SMILES string of the molecule is CCCCC[C@H](O)[C@H](CCCC)C(=O)O. The van der Waals surface area contributed by atoms with E-state index in [-0.39, 0.29) is 0 Å². The second-order valence-electron chi connectivity index (χ2n) is 4.15. The van der Waals surface area contributed by atoms with Crippen LogP contribution in [0.1, 0.15) is 58.8 Å². The lowest BCUT2D eigenvalue weighted by Gasteiger charge is -2.18. The van der Waals surface area contributed by atoms with E-state index in [1.165, 1.54) is 0 Å². The van der Waals surface area contributed by atoms with Crippen molar-refractivity contribution in [2.45, 2.75) is 64.9 Å². The van der Waals surface area contributed by atoms with Crippen LogP contribution < -0.4 is 0 Å². The van der Waals surface area contributed by atoms with Gasteiger partial charge in [-0.05, 0) is 12.8 Å². The predicted octanol–water partition coefficient (Wildman–Crippen LogP) is 2.82. The van der Waals surface area contributed by atoms with Gasteiger partial charge < -0.3 is 10.2 Å². The summed E-state index contributed by atoms with van der Waals surface area (Å²) in [6.07, 6.45) is 5.49. The Labute approximate surface area is 92.5 Å². The Balaban J connectivity index is 3.93. The molecular weight excluding hydrogens is 192 g/mol. The van der Waals surface area contributed by atoms with Gasteiger partial charge >= 0.3 is 5.97 Å². The lowest BCUT2D eigenvalue weighted by atomic mass is 9.92. The highest BCUT2D eigenvalue weighted by molar-refractivity contribution is 5.70. The zero-order valence-electron chi connectivity index (χ0n) is 9.91. The molecule has 0 amide bonds. The van der Waals surface area contributed by atoms with Crippen molar-refractivity contribution >= 4 is 5.97 Å². The van der Waals surface area contributed by atoms with E-state index >= 15 is 0 Å². The van der Waals surface area contributed by atoms with Gasteiger partial charge in [0.25, 0.3) is 0 Å². The maximum atomic E-state index is 10.9. The number of rotatable bonds is 9. The van der Waals surface area contributed by atoms with Crippen molar-refractivity contribution < 1.29 is 15.0 Å². The molecule has 0 rings (SSSR count). The monoisotopic (exact) mass is 216 g/mol. The summed E-state index contributed by atoms with van der Waals surface area (Å²) in [5, 5.41) is 18.7. The Morgan fingerprint density at radius 3 is 2.13 bits per heavy atom. The predicted molar refractivity (Wildman–Crippen MR) is 60.8 cm³/mol. The summed E-state index contributed by atoms with van der Waals surface area (Å²) in [6, 6.07) is 0. The topological polar surface area (TPSA) is 57.5 Å². The van der Waals surface area contributed by atoms with Gasteiger partial charge in [-0.1, -0.05) is 46.0 Å². The van der Waals surface area contributed by atoms with E-state index in [4.69, 9.17) is 5.11 Å². The van der Waals surface area contributed by atoms with E-state index < -0.39 is 18.0 Å². The van der Waals surface area contributed by atoms with Crippen LogP contribution in [0.4, 0.5) is 0 Å². The average molecular weight is 216 g/mol. The first kappa shape index (κ1) is 14.4. The molecule has 0 heterocycles. The molecule has 15 heavy (non-hydrogen) atoms. The Morgan fingerprint density at radius 1 is 1.07 bits per heavy atom. The van der Waals surface area contributed by atoms with Gasteiger partial charge in [-0.25, -0.2) is 0 Å². The van der Waals surface area contributed by atoms with Crippen molar-refractivity contribution in [3.05, 3.63) is 0 Å². The molecule has 2 N–H and O–H groups in total. The number of hydrogen-bond donors (Lipinski definition) is 2. The summed E-state index contributed by atoms with van der Waals surface area (Å²) < 4.78 is 0. The Kier molecular flexibility index (Phi) is 8.38. The van der Waals surface area contributed by atoms with E-state index in [1.54, 1.807) is 0 Å². The van der Waals surface area contributed by atoms with Crippen molar-refractivity contribution in [2.75, 3.05) is 0 Å². The first-order valence-electron chi connectivity index (χ1n) is 6.04. The standard InChI is InChI=1S/C12H24O3/c1-3-5-7-9-11(13)10(12(14)15)8-6-4-2/h10-11,13H,3-9H2,1-2H3,(H,14,15)/t10-,11-/m0/s1. The third kappa shape index (κ3) is 6.50. The Bertz CT molecular complexity index is 168. The van der Waals surface area contributed by atoms with Crippen LogP contribution >= 0.6 is 0 Å². The molecule has 0 fully saturated rings. The quantitative estimate of drug-likeness (QED) is 0.583. The van der Waals surface area contributed by atoms with Crippen molar-refractivity contribution in [3.63, 3.8) is 0 Å². The maximum absolute atomic E-state index is 10.9. The van der Waals surface area contributed by atoms with Crippen molar-refractivity contribution in [3.8, 4) is 0 Å². The zero-order valence-corrected chi connectivity index (χ0v) is 9.91. The molecule has 0 saturated carbocycles. The fourth-order valence-electron chi connectivity index (χ4n) is 1.71. The molecule has 0 radical (unpaired) electrons. The van der Waals surface area contributed by atoms with Gasteiger partial charge in [0.05, 0.1) is 12.0 Å². The highest BCUT2D eigenvalue weighted by Gasteiger charge is 2.24. The normalized spacial score (nSPS) is 14.9. The number of carboxylic acids is 1. The van der Waals surface area contributed by atoms with Crippen LogP contribution in [-0.4, -0.2) is 22.3 Å². The van der Waals surface area contributed by atoms with Crippen LogP contribution in [0.15, 0.2) is 0 Å². The molecule has 3 heteroatoms. The molecule has 0 aliphatic carbocycles. The maximum Gasteiger partial charge on any atom is 0.309 e. The molecule has 0 spiro atoms. The molecule has 0 bridgehead atoms. The van der Waals surface area contributed by atoms with Gasteiger partial charge in [-0.3, -0.25) is 4.79 Å². The van der Waals surface area contributed by atoms with Gasteiger partial charge in [-0.15, -0.1) is 0 Å². The Morgan fingerprint density at radius 2 is 1.67 bits per heavy atom. The van der Waals surface area contributed by atoms with Gasteiger partial charge in [-0.2, -0.15) is 0 Å². The van der Waals surface area contributed by atoms with E-state index in [2.05, 4.69) is 6.92 Å². The first-order chi connectivity index (χ1) is 7.13. The van der Waals surface area contributed by atoms with Crippen molar-refractivity contribution in [2.24, 2.45) is 5.92 Å². The zero-order chi connectivity index (χ0) is 11.7. The third-order valence-corrected chi connectivity index (χ3v) is 2.75. The number of unbranched alkanes of at least 4 members (excludes halogenated alkanes) is 3. The van der Waals surface area contributed by atoms with Crippen LogP contribution in [0.25, 0.3) is 0 Å². The molecule has 0 aliphatic rings. The molecule has 3 nitrogen and oxygen atoms in total. The number of aliphatic hydroxyl groups is 1. The number of hydrogen-bond acceptors (Lipinski definition) is 2. The van der Waals surface area contributed by atoms with Crippen molar-refractivity contribution in [1.29, 1.82) is 0 Å². The highest BCUT2D eigenvalue weighted by Crippen LogP contribution is 2.18. The molecule has 90 valence electrons. The van der Waals surface area contributed by atoms with Crippen LogP contribution in [-0.2, 0) is 4.79 Å². The lowest BCUT2D eigenvalue weighted by Crippen LogP contribution is -2.28. The minimum Gasteiger partial charge on any atom is -0.481 e. The largest absolute Gasteiger partial charge is 0.481 e. The van der Waals surface area contributed by atoms with Crippen LogP contribution in [0, 0.1) is 5.92 Å². The van der Waals surface area contributed by atoms with Crippen LogP contribution in [0.2, 0.25) is 0 Å². The van der Waals surface area contributed by atoms with E-state index in [0.29, 0.717) is 12.8 Å². The van der Waals surface area contributed by atoms with E-state index in [9.17, 15) is 9.90 Å². The number of aliphatic hydroxyl groups excluding tert-OH is 1. The summed E-state index contributed by atoms with van der Waals surface area (Å²) in [4.78, 5) is 10.9. The summed E-state index contributed by atoms with van der Waals surface area (Å²) in [6.45, 7) is 4.13. The summed E-state index contributed by atoms with van der Waals surface area (Å²) in [5.41, 5.74) is 0. The molecule has 0 aliphatic heterocycles. The second-order valence-corrected chi connectivity index (χ2v) is 4.15. The van der Waals surface area contributed by atoms with Crippen LogP contribution in [0.5, 0.6) is 0 Å². The number of carbonyl (C=O) groups is 1. The molecular formula is C12H24O3. The minimum absolute atomic E-state index is 0.568. The van der Waals surface area contributed by atoms with Gasteiger partial charge in [0, 0.05) is 0 Å². The third-order valence-electron chi connectivity index (χ3n) is 2.75. The second kappa shape index (κ2) is 8.72. The molecule has 0 aromatic rings. The van der Waals surface area contributed by atoms with Crippen LogP contribution in [0.3, 0.4) is 0 Å². The van der Waals surface area contributed by atoms with Gasteiger partial charge in [0.1, 0.15) is 0 Å². The molecule has 0 unspecified atom stereocenters. The van der Waals surface area contributed by atoms with Crippen molar-refractivity contribution in [1.82, 2.24) is 0 Å². The summed E-state index contributed by atoms with van der Waals surface area (Å²) in [5.74, 6) is -1.42. The van der Waals surface area contributed by atoms with E-state index in [1.807, 2.05) is 6.92 Å². The first-order valence-corrected chi connectivity index (χ1v) is 6.04. The highest BCUT2D eigenvalue weighted by atomic mass is 16.4. The average Bonchev–Trinajstić information content (AvgIpc) is 2.18. The molecule has 0 aromatic carbocycles. The fraction of sp³-hybridized carbons (Fsp3) is 0.917. The van der Waals surface area contributed by atoms with Gasteiger partial charge in [0.2, 0.25) is 0 Å². The van der Waals surface area contributed by atoms with Gasteiger partial charge in [0.15, 0.2) is 0 Å². The number of carboxylic acid groups (broad SMARTS) is 1. The lowest BCUT2D eigenvalue weighted by molar-refractivity contribution is -0.146. The Hall–Kier alpha value is -0.570. The molecule has 2 atom stereocenters. The minimum atomic E-state index is -0.854. The number of aliphatic carboxylic acids is 1. The fourth-order valence-corrected chi connectivity index (χ4v) is 1.71.